The third kappa shape index (κ3) is 5.44. The van der Waals surface area contributed by atoms with Gasteiger partial charge >= 0.3 is 0 Å². The fourth-order valence-corrected chi connectivity index (χ4v) is 5.33. The Bertz CT molecular complexity index is 1400. The Labute approximate surface area is 236 Å². The molecule has 0 amide bonds. The van der Waals surface area contributed by atoms with Crippen molar-refractivity contribution in [3.05, 3.63) is 180 Å². The van der Waals surface area contributed by atoms with Gasteiger partial charge in [-0.3, -0.25) is 0 Å². The summed E-state index contributed by atoms with van der Waals surface area (Å²) in [6.07, 6.45) is 4.50. The van der Waals surface area contributed by atoms with Crippen molar-refractivity contribution in [2.75, 3.05) is 6.67 Å². The van der Waals surface area contributed by atoms with Crippen molar-refractivity contribution < 1.29 is 0 Å². The molecule has 1 aliphatic rings. The third-order valence-corrected chi connectivity index (χ3v) is 7.12. The lowest BCUT2D eigenvalue weighted by Crippen LogP contribution is -2.32. The standard InChI is InChI=1S/C35H30N2.BrH/c1-5-13-28(14-6-1)29-21-23-33(24-22-29)35(32-19-11-4-12-20-32)37-26-25-36(27-37)34(30-15-7-2-8-16-30)31-17-9-3-10-18-31;/h1-26,34-35H,27H2;1H. The summed E-state index contributed by atoms with van der Waals surface area (Å²) in [5.74, 6) is 0. The van der Waals surface area contributed by atoms with Gasteiger partial charge in [-0.05, 0) is 33.4 Å². The fourth-order valence-electron chi connectivity index (χ4n) is 5.33. The molecule has 0 aliphatic carbocycles. The molecule has 1 heterocycles. The molecule has 188 valence electrons. The molecule has 0 bridgehead atoms. The van der Waals surface area contributed by atoms with E-state index in [1.807, 2.05) is 0 Å². The average Bonchev–Trinajstić information content (AvgIpc) is 3.45. The quantitative estimate of drug-likeness (QED) is 0.197. The number of hydrogen-bond acceptors (Lipinski definition) is 2. The molecule has 3 heteroatoms. The van der Waals surface area contributed by atoms with Gasteiger partial charge in [-0.25, -0.2) is 0 Å². The second kappa shape index (κ2) is 12.0. The molecule has 5 aromatic carbocycles. The minimum atomic E-state index is 0. The first-order chi connectivity index (χ1) is 18.4. The zero-order chi connectivity index (χ0) is 24.9. The highest BCUT2D eigenvalue weighted by molar-refractivity contribution is 8.93. The fraction of sp³-hybridized carbons (Fsp3) is 0.0857. The average molecular weight is 560 g/mol. The van der Waals surface area contributed by atoms with Crippen LogP contribution in [0.25, 0.3) is 11.1 Å². The Hall–Kier alpha value is -4.08. The minimum absolute atomic E-state index is 0. The van der Waals surface area contributed by atoms with Crippen molar-refractivity contribution in [3.8, 4) is 11.1 Å². The first-order valence-corrected chi connectivity index (χ1v) is 12.9. The number of benzene rings is 5. The van der Waals surface area contributed by atoms with Gasteiger partial charge in [-0.1, -0.05) is 146 Å². The zero-order valence-corrected chi connectivity index (χ0v) is 22.9. The van der Waals surface area contributed by atoms with Crippen molar-refractivity contribution in [1.29, 1.82) is 0 Å². The summed E-state index contributed by atoms with van der Waals surface area (Å²) in [7, 11) is 0. The number of rotatable bonds is 7. The van der Waals surface area contributed by atoms with Crippen LogP contribution in [0.5, 0.6) is 0 Å². The van der Waals surface area contributed by atoms with E-state index < -0.39 is 0 Å². The van der Waals surface area contributed by atoms with Gasteiger partial charge in [0.05, 0.1) is 18.8 Å². The molecule has 1 unspecified atom stereocenters. The summed E-state index contributed by atoms with van der Waals surface area (Å²) in [5, 5.41) is 0. The van der Waals surface area contributed by atoms with E-state index >= 15 is 0 Å². The van der Waals surface area contributed by atoms with Gasteiger partial charge < -0.3 is 9.80 Å². The number of hydrogen-bond donors (Lipinski definition) is 0. The molecule has 0 saturated carbocycles. The van der Waals surface area contributed by atoms with E-state index in [0.717, 1.165) is 6.67 Å². The summed E-state index contributed by atoms with van der Waals surface area (Å²) in [6.45, 7) is 0.800. The Kier molecular flexibility index (Phi) is 8.06. The van der Waals surface area contributed by atoms with Crippen molar-refractivity contribution in [3.63, 3.8) is 0 Å². The lowest BCUT2D eigenvalue weighted by atomic mass is 9.95. The summed E-state index contributed by atoms with van der Waals surface area (Å²) in [5.41, 5.74) is 7.65. The summed E-state index contributed by atoms with van der Waals surface area (Å²) < 4.78 is 0. The van der Waals surface area contributed by atoms with Crippen molar-refractivity contribution in [2.24, 2.45) is 0 Å². The molecular formula is C35H31BrN2. The highest BCUT2D eigenvalue weighted by atomic mass is 79.9. The maximum Gasteiger partial charge on any atom is 0.0911 e. The van der Waals surface area contributed by atoms with Crippen LogP contribution in [0.15, 0.2) is 158 Å². The van der Waals surface area contributed by atoms with Crippen LogP contribution in [0.1, 0.15) is 34.3 Å². The molecule has 5 aromatic rings. The molecular weight excluding hydrogens is 528 g/mol. The van der Waals surface area contributed by atoms with E-state index in [1.165, 1.54) is 33.4 Å². The number of nitrogens with zero attached hydrogens (tertiary/aromatic N) is 2. The SMILES string of the molecule is Br.C1=CN(C(c2ccccc2)c2ccc(-c3ccccc3)cc2)CN1C(c1ccccc1)c1ccccc1. The predicted octanol–water partition coefficient (Wildman–Crippen LogP) is 8.86. The van der Waals surface area contributed by atoms with E-state index in [2.05, 4.69) is 168 Å². The largest absolute Gasteiger partial charge is 0.348 e. The summed E-state index contributed by atoms with van der Waals surface area (Å²) in [6, 6.07) is 52.3. The highest BCUT2D eigenvalue weighted by Gasteiger charge is 2.29. The molecule has 0 saturated heterocycles. The molecule has 0 aromatic heterocycles. The van der Waals surface area contributed by atoms with E-state index in [0.29, 0.717) is 0 Å². The van der Waals surface area contributed by atoms with Crippen molar-refractivity contribution in [1.82, 2.24) is 9.80 Å². The van der Waals surface area contributed by atoms with Gasteiger partial charge in [-0.2, -0.15) is 0 Å². The first-order valence-electron chi connectivity index (χ1n) is 12.9. The maximum atomic E-state index is 2.45. The van der Waals surface area contributed by atoms with Gasteiger partial charge in [0.1, 0.15) is 0 Å². The molecule has 2 nitrogen and oxygen atoms in total. The first kappa shape index (κ1) is 25.6. The molecule has 0 radical (unpaired) electrons. The zero-order valence-electron chi connectivity index (χ0n) is 21.2. The predicted molar refractivity (Wildman–Crippen MR) is 163 cm³/mol. The van der Waals surface area contributed by atoms with E-state index in [4.69, 9.17) is 0 Å². The van der Waals surface area contributed by atoms with Gasteiger partial charge in [0.2, 0.25) is 0 Å². The van der Waals surface area contributed by atoms with Gasteiger partial charge in [-0.15, -0.1) is 17.0 Å². The van der Waals surface area contributed by atoms with Crippen LogP contribution in [0.4, 0.5) is 0 Å². The lowest BCUT2D eigenvalue weighted by molar-refractivity contribution is 0.207. The van der Waals surface area contributed by atoms with Crippen LogP contribution >= 0.6 is 17.0 Å². The topological polar surface area (TPSA) is 6.48 Å². The Morgan fingerprint density at radius 3 is 1.08 bits per heavy atom. The van der Waals surface area contributed by atoms with E-state index in [1.54, 1.807) is 0 Å². The van der Waals surface area contributed by atoms with Crippen LogP contribution in [-0.4, -0.2) is 16.5 Å². The highest BCUT2D eigenvalue weighted by Crippen LogP contribution is 2.37. The van der Waals surface area contributed by atoms with Crippen LogP contribution in [0.3, 0.4) is 0 Å². The Morgan fingerprint density at radius 1 is 0.368 bits per heavy atom. The smallest absolute Gasteiger partial charge is 0.0911 e. The molecule has 1 atom stereocenters. The van der Waals surface area contributed by atoms with E-state index in [9.17, 15) is 0 Å². The molecule has 0 N–H and O–H groups in total. The minimum Gasteiger partial charge on any atom is -0.348 e. The Morgan fingerprint density at radius 2 is 0.684 bits per heavy atom. The Balaban J connectivity index is 0.00000294. The molecule has 1 aliphatic heterocycles. The van der Waals surface area contributed by atoms with Crippen LogP contribution in [0.2, 0.25) is 0 Å². The summed E-state index contributed by atoms with van der Waals surface area (Å²) in [4.78, 5) is 4.89. The van der Waals surface area contributed by atoms with Crippen LogP contribution in [-0.2, 0) is 0 Å². The molecule has 0 spiro atoms. The van der Waals surface area contributed by atoms with E-state index in [-0.39, 0.29) is 29.1 Å². The molecule has 0 fully saturated rings. The van der Waals surface area contributed by atoms with Crippen LogP contribution < -0.4 is 0 Å². The van der Waals surface area contributed by atoms with Gasteiger partial charge in [0, 0.05) is 12.4 Å². The monoisotopic (exact) mass is 558 g/mol. The lowest BCUT2D eigenvalue weighted by Gasteiger charge is -2.34. The summed E-state index contributed by atoms with van der Waals surface area (Å²) >= 11 is 0. The molecule has 38 heavy (non-hydrogen) atoms. The second-order valence-corrected chi connectivity index (χ2v) is 9.49. The van der Waals surface area contributed by atoms with Crippen LogP contribution in [0, 0.1) is 0 Å². The van der Waals surface area contributed by atoms with Gasteiger partial charge in [0.25, 0.3) is 0 Å². The van der Waals surface area contributed by atoms with Gasteiger partial charge in [0.15, 0.2) is 0 Å². The third-order valence-electron chi connectivity index (χ3n) is 7.12. The molecule has 6 rings (SSSR count). The number of halogens is 1. The van der Waals surface area contributed by atoms with Crippen molar-refractivity contribution >= 4 is 17.0 Å². The second-order valence-electron chi connectivity index (χ2n) is 9.49. The normalized spacial score (nSPS) is 13.4. The van der Waals surface area contributed by atoms with Crippen molar-refractivity contribution in [2.45, 2.75) is 12.1 Å². The maximum absolute atomic E-state index is 2.45.